The second-order valence-electron chi connectivity index (χ2n) is 7.63. The van der Waals surface area contributed by atoms with Crippen LogP contribution in [0.1, 0.15) is 49.3 Å². The van der Waals surface area contributed by atoms with Gasteiger partial charge in [-0.15, -0.1) is 0 Å². The minimum absolute atomic E-state index is 0. The lowest BCUT2D eigenvalue weighted by Gasteiger charge is -2.19. The van der Waals surface area contributed by atoms with E-state index in [1.807, 2.05) is 25.1 Å². The van der Waals surface area contributed by atoms with Gasteiger partial charge in [-0.05, 0) is 50.7 Å². The summed E-state index contributed by atoms with van der Waals surface area (Å²) in [5.41, 5.74) is 3.61. The average molecular weight is 407 g/mol. The summed E-state index contributed by atoms with van der Waals surface area (Å²) < 4.78 is 11.1. The second-order valence-corrected chi connectivity index (χ2v) is 7.63. The topological polar surface area (TPSA) is 52.6 Å². The zero-order chi connectivity index (χ0) is 21.1. The van der Waals surface area contributed by atoms with E-state index in [2.05, 4.69) is 36.4 Å². The van der Waals surface area contributed by atoms with Gasteiger partial charge < -0.3 is 9.47 Å². The lowest BCUT2D eigenvalue weighted by molar-refractivity contribution is -0.153. The monoisotopic (exact) mass is 407 g/mol. The van der Waals surface area contributed by atoms with E-state index in [1.54, 1.807) is 7.11 Å². The van der Waals surface area contributed by atoms with Crippen LogP contribution >= 0.6 is 0 Å². The van der Waals surface area contributed by atoms with Crippen LogP contribution in [0.3, 0.4) is 0 Å². The number of benzene rings is 2. The number of methoxy groups -OCH3 is 1. The van der Waals surface area contributed by atoms with Gasteiger partial charge in [0.05, 0.1) is 12.5 Å². The summed E-state index contributed by atoms with van der Waals surface area (Å²) in [5.74, 6) is -0.279. The fourth-order valence-corrected chi connectivity index (χ4v) is 3.30. The van der Waals surface area contributed by atoms with Crippen molar-refractivity contribution in [2.75, 3.05) is 7.11 Å². The molecule has 0 fully saturated rings. The molecule has 0 spiro atoms. The van der Waals surface area contributed by atoms with Gasteiger partial charge in [0.2, 0.25) is 0 Å². The Kier molecular flexibility index (Phi) is 11.8. The first-order valence-electron chi connectivity index (χ1n) is 10.3. The summed E-state index contributed by atoms with van der Waals surface area (Å²) in [6.07, 6.45) is 2.85. The third kappa shape index (κ3) is 9.88. The van der Waals surface area contributed by atoms with Crippen LogP contribution < -0.4 is 0 Å². The van der Waals surface area contributed by atoms with Crippen molar-refractivity contribution in [2.45, 2.75) is 64.6 Å². The number of Topliss-reactive ketones (excluding diaryl/α,β-unsaturated/α-hetero) is 1. The maximum Gasteiger partial charge on any atom is 0.308 e. The normalized spacial score (nSPS) is 12.5. The van der Waals surface area contributed by atoms with Crippen molar-refractivity contribution in [1.82, 2.24) is 0 Å². The van der Waals surface area contributed by atoms with E-state index < -0.39 is 6.10 Å². The summed E-state index contributed by atoms with van der Waals surface area (Å²) in [6, 6.07) is 18.4. The summed E-state index contributed by atoms with van der Waals surface area (Å²) in [4.78, 5) is 24.1. The smallest absolute Gasteiger partial charge is 0.308 e. The molecule has 5 heteroatoms. The number of ether oxygens (including phenoxy) is 2. The zero-order valence-corrected chi connectivity index (χ0v) is 18.3. The minimum atomic E-state index is -0.395. The molecule has 0 aliphatic heterocycles. The summed E-state index contributed by atoms with van der Waals surface area (Å²) >= 11 is 0. The Morgan fingerprint density at radius 2 is 1.40 bits per heavy atom. The first kappa shape index (κ1) is 25.6. The number of esters is 1. The van der Waals surface area contributed by atoms with Crippen molar-refractivity contribution in [3.63, 3.8) is 0 Å². The van der Waals surface area contributed by atoms with Crippen molar-refractivity contribution in [3.8, 4) is 0 Å². The number of carbonyl (C=O) groups excluding carboxylic acids is 2. The highest BCUT2D eigenvalue weighted by Gasteiger charge is 2.20. The molecule has 2 atom stereocenters. The highest BCUT2D eigenvalue weighted by molar-refractivity contribution is 5.77. The molecule has 0 saturated heterocycles. The van der Waals surface area contributed by atoms with Gasteiger partial charge in [0.25, 0.3) is 0 Å². The zero-order valence-electron chi connectivity index (χ0n) is 18.3. The number of rotatable bonds is 12. The number of aryl methyl sites for hydroxylation is 3. The van der Waals surface area contributed by atoms with E-state index in [0.29, 0.717) is 6.42 Å². The molecule has 0 saturated carbocycles. The van der Waals surface area contributed by atoms with E-state index >= 15 is 0 Å². The maximum absolute atomic E-state index is 12.5. The molecule has 30 heavy (non-hydrogen) atoms. The molecule has 0 bridgehead atoms. The predicted octanol–water partition coefficient (Wildman–Crippen LogP) is 4.48. The minimum Gasteiger partial charge on any atom is -0.462 e. The molecule has 0 N–H and O–H groups in total. The third-order valence-electron chi connectivity index (χ3n) is 5.01. The molecule has 2 rings (SSSR count). The van der Waals surface area contributed by atoms with Crippen molar-refractivity contribution >= 4 is 20.2 Å². The van der Waals surface area contributed by atoms with Crippen LogP contribution in [0.2, 0.25) is 0 Å². The Bertz CT molecular complexity index is 758. The first-order chi connectivity index (χ1) is 14.0. The van der Waals surface area contributed by atoms with Crippen molar-refractivity contribution < 1.29 is 19.1 Å². The van der Waals surface area contributed by atoms with Gasteiger partial charge >= 0.3 is 5.97 Å². The largest absolute Gasteiger partial charge is 0.462 e. The standard InChI is InChI=1S/C25H32O4.B/c1-19-9-11-22(12-10-19)14-16-24(17-20(2)26)29-25(27)18-23(28-3)15-13-21-7-5-4-6-8-21;/h4-12,23-24H,13-18H2,1-3H3;. The lowest BCUT2D eigenvalue weighted by atomic mass is 10.0. The Morgan fingerprint density at radius 1 is 0.833 bits per heavy atom. The Hall–Kier alpha value is -2.40. The Balaban J connectivity index is 0.00000450. The molecule has 0 aliphatic carbocycles. The molecule has 2 unspecified atom stereocenters. The van der Waals surface area contributed by atoms with Crippen LogP contribution in [0.25, 0.3) is 0 Å². The molecule has 2 aromatic carbocycles. The Labute approximate surface area is 182 Å². The van der Waals surface area contributed by atoms with Crippen LogP contribution in [0.5, 0.6) is 0 Å². The van der Waals surface area contributed by atoms with E-state index in [1.165, 1.54) is 23.6 Å². The van der Waals surface area contributed by atoms with Crippen LogP contribution in [0.4, 0.5) is 0 Å². The molecule has 159 valence electrons. The van der Waals surface area contributed by atoms with Crippen LogP contribution in [0, 0.1) is 6.92 Å². The molecular weight excluding hydrogens is 375 g/mol. The summed E-state index contributed by atoms with van der Waals surface area (Å²) in [6.45, 7) is 3.58. The Morgan fingerprint density at radius 3 is 1.97 bits per heavy atom. The molecule has 0 aliphatic rings. The number of carbonyl (C=O) groups is 2. The van der Waals surface area contributed by atoms with Gasteiger partial charge in [-0.2, -0.15) is 0 Å². The van der Waals surface area contributed by atoms with Crippen LogP contribution in [-0.2, 0) is 31.9 Å². The average Bonchev–Trinajstić information content (AvgIpc) is 2.70. The van der Waals surface area contributed by atoms with Crippen LogP contribution in [0.15, 0.2) is 54.6 Å². The van der Waals surface area contributed by atoms with E-state index in [4.69, 9.17) is 9.47 Å². The van der Waals surface area contributed by atoms with Gasteiger partial charge in [-0.1, -0.05) is 60.2 Å². The van der Waals surface area contributed by atoms with E-state index in [9.17, 15) is 9.59 Å². The van der Waals surface area contributed by atoms with Gasteiger partial charge in [0, 0.05) is 21.9 Å². The van der Waals surface area contributed by atoms with Gasteiger partial charge in [-0.25, -0.2) is 0 Å². The molecule has 0 heterocycles. The fraction of sp³-hybridized carbons (Fsp3) is 0.440. The molecule has 4 nitrogen and oxygen atoms in total. The molecule has 3 radical (unpaired) electrons. The second kappa shape index (κ2) is 13.8. The maximum atomic E-state index is 12.5. The molecule has 2 aromatic rings. The number of hydrogen-bond acceptors (Lipinski definition) is 4. The van der Waals surface area contributed by atoms with Gasteiger partial charge in [0.1, 0.15) is 11.9 Å². The SMILES string of the molecule is COC(CCc1ccccc1)CC(=O)OC(CCc1ccc(C)cc1)CC(C)=O.[B]. The first-order valence-corrected chi connectivity index (χ1v) is 10.3. The predicted molar refractivity (Wildman–Crippen MR) is 121 cm³/mol. The van der Waals surface area contributed by atoms with E-state index in [-0.39, 0.29) is 39.1 Å². The van der Waals surface area contributed by atoms with Crippen molar-refractivity contribution in [2.24, 2.45) is 0 Å². The van der Waals surface area contributed by atoms with Gasteiger partial charge in [-0.3, -0.25) is 9.59 Å². The lowest BCUT2D eigenvalue weighted by Crippen LogP contribution is -2.25. The highest BCUT2D eigenvalue weighted by Crippen LogP contribution is 2.15. The van der Waals surface area contributed by atoms with Gasteiger partial charge in [0.15, 0.2) is 0 Å². The summed E-state index contributed by atoms with van der Waals surface area (Å²) in [7, 11) is 1.62. The molecular formula is C25H32BO4. The molecule has 0 amide bonds. The van der Waals surface area contributed by atoms with E-state index in [0.717, 1.165) is 19.3 Å². The molecule has 0 aromatic heterocycles. The number of ketones is 1. The highest BCUT2D eigenvalue weighted by atomic mass is 16.5. The quantitative estimate of drug-likeness (QED) is 0.385. The third-order valence-corrected chi connectivity index (χ3v) is 5.01. The van der Waals surface area contributed by atoms with Crippen molar-refractivity contribution in [1.29, 1.82) is 0 Å². The summed E-state index contributed by atoms with van der Waals surface area (Å²) in [5, 5.41) is 0. The van der Waals surface area contributed by atoms with Crippen LogP contribution in [-0.4, -0.2) is 39.5 Å². The fourth-order valence-electron chi connectivity index (χ4n) is 3.30. The van der Waals surface area contributed by atoms with Crippen molar-refractivity contribution in [3.05, 3.63) is 71.3 Å². The number of hydrogen-bond donors (Lipinski definition) is 0.